The van der Waals surface area contributed by atoms with Crippen LogP contribution in [0.3, 0.4) is 0 Å². The molecule has 0 fully saturated rings. The van der Waals surface area contributed by atoms with Gasteiger partial charge >= 0.3 is 12.3 Å². The van der Waals surface area contributed by atoms with Crippen LogP contribution in [0.25, 0.3) is 33.0 Å². The first-order valence-corrected chi connectivity index (χ1v) is 13.7. The van der Waals surface area contributed by atoms with Crippen LogP contribution in [-0.4, -0.2) is 6.18 Å². The van der Waals surface area contributed by atoms with E-state index in [4.69, 9.17) is 0 Å². The first-order chi connectivity index (χ1) is 22.2. The highest BCUT2D eigenvalue weighted by atomic mass is 19.4. The molecule has 0 atom stereocenters. The number of fused-ring (bicyclic) bond motifs is 1. The third-order valence-corrected chi connectivity index (χ3v) is 7.11. The van der Waals surface area contributed by atoms with E-state index in [0.29, 0.717) is 24.1 Å². The second-order valence-corrected chi connectivity index (χ2v) is 10.3. The highest BCUT2D eigenvalue weighted by Crippen LogP contribution is 2.39. The summed E-state index contributed by atoms with van der Waals surface area (Å²) in [6.07, 6.45) is -6.39. The molecule has 0 saturated carbocycles. The molecule has 0 heterocycles. The topological polar surface area (TPSA) is 9.23 Å². The molecule has 0 bridgehead atoms. The maximum absolute atomic E-state index is 15.1. The number of alkyl halides is 5. The number of hydrogen-bond donors (Lipinski definition) is 0. The SMILES string of the molecule is C=CCCc1ccc(-c2cc(F)c(C(F)(F)Oc3ccc(-c4ccc5c(F)c(C#CC(F)(F)F)c(F)cc5c4)c(F)c3)c(F)c2)cc1. The van der Waals surface area contributed by atoms with E-state index < -0.39 is 58.2 Å². The Morgan fingerprint density at radius 3 is 1.96 bits per heavy atom. The van der Waals surface area contributed by atoms with Gasteiger partial charge in [-0.25, -0.2) is 22.0 Å². The van der Waals surface area contributed by atoms with Gasteiger partial charge in [0.25, 0.3) is 0 Å². The Balaban J connectivity index is 1.39. The molecule has 0 N–H and O–H groups in total. The summed E-state index contributed by atoms with van der Waals surface area (Å²) in [6, 6.07) is 14.6. The van der Waals surface area contributed by atoms with Gasteiger partial charge < -0.3 is 4.74 Å². The Labute approximate surface area is 261 Å². The molecule has 5 aromatic rings. The van der Waals surface area contributed by atoms with E-state index in [-0.39, 0.29) is 27.5 Å². The van der Waals surface area contributed by atoms with Crippen molar-refractivity contribution >= 4 is 10.8 Å². The van der Waals surface area contributed by atoms with E-state index in [9.17, 15) is 30.7 Å². The van der Waals surface area contributed by atoms with Gasteiger partial charge in [-0.05, 0) is 76.9 Å². The Kier molecular flexibility index (Phi) is 9.07. The summed E-state index contributed by atoms with van der Waals surface area (Å²) in [7, 11) is 0. The zero-order chi connectivity index (χ0) is 34.1. The minimum Gasteiger partial charge on any atom is -0.429 e. The maximum Gasteiger partial charge on any atom is 0.458 e. The van der Waals surface area contributed by atoms with E-state index in [1.54, 1.807) is 30.3 Å². The lowest BCUT2D eigenvalue weighted by atomic mass is 9.98. The monoisotopic (exact) mass is 658 g/mol. The van der Waals surface area contributed by atoms with E-state index in [1.165, 1.54) is 12.0 Å². The molecule has 11 heteroatoms. The Hall–Kier alpha value is -5.24. The lowest BCUT2D eigenvalue weighted by molar-refractivity contribution is -0.189. The Morgan fingerprint density at radius 1 is 0.681 bits per heavy atom. The molecule has 0 saturated heterocycles. The quantitative estimate of drug-likeness (QED) is 0.0916. The number of aryl methyl sites for hydroxylation is 1. The summed E-state index contributed by atoms with van der Waals surface area (Å²) < 4.78 is 146. The molecule has 5 aromatic carbocycles. The lowest BCUT2D eigenvalue weighted by Crippen LogP contribution is -2.25. The molecule has 0 aliphatic carbocycles. The number of halogens is 10. The van der Waals surface area contributed by atoms with E-state index in [2.05, 4.69) is 11.3 Å². The van der Waals surface area contributed by atoms with Crippen LogP contribution in [0.2, 0.25) is 0 Å². The third kappa shape index (κ3) is 7.27. The highest BCUT2D eigenvalue weighted by molar-refractivity contribution is 5.89. The van der Waals surface area contributed by atoms with Gasteiger partial charge in [-0.1, -0.05) is 48.4 Å². The fourth-order valence-corrected chi connectivity index (χ4v) is 4.89. The van der Waals surface area contributed by atoms with Crippen LogP contribution in [0.1, 0.15) is 23.1 Å². The molecule has 240 valence electrons. The van der Waals surface area contributed by atoms with Crippen LogP contribution < -0.4 is 4.74 Å². The standard InChI is InChI=1S/C36H20F10O/c1-2-3-4-20-5-7-21(8-6-20)23-16-31(39)33(32(40)17-23)36(45,46)47-25-10-12-26(30(38)19-25)22-9-11-27-24(15-22)18-29(37)28(34(27)41)13-14-35(42,43)44/h2,5-12,15-19H,1,3-4H2. The molecule has 0 amide bonds. The van der Waals surface area contributed by atoms with E-state index in [1.807, 2.05) is 0 Å². The number of benzene rings is 5. The predicted octanol–water partition coefficient (Wildman–Crippen LogP) is 11.0. The van der Waals surface area contributed by atoms with Crippen molar-refractivity contribution in [2.24, 2.45) is 0 Å². The van der Waals surface area contributed by atoms with Crippen molar-refractivity contribution in [3.8, 4) is 39.8 Å². The molecule has 0 aliphatic heterocycles. The first kappa shape index (κ1) is 33.1. The number of hydrogen-bond acceptors (Lipinski definition) is 1. The van der Waals surface area contributed by atoms with Crippen molar-refractivity contribution in [2.75, 3.05) is 0 Å². The fraction of sp³-hybridized carbons (Fsp3) is 0.111. The highest BCUT2D eigenvalue weighted by Gasteiger charge is 2.41. The molecular formula is C36H20F10O. The fourth-order valence-electron chi connectivity index (χ4n) is 4.89. The lowest BCUT2D eigenvalue weighted by Gasteiger charge is -2.20. The summed E-state index contributed by atoms with van der Waals surface area (Å²) in [5, 5.41) is -0.461. The zero-order valence-electron chi connectivity index (χ0n) is 23.9. The Morgan fingerprint density at radius 2 is 1.34 bits per heavy atom. The number of ether oxygens (including phenoxy) is 1. The van der Waals surface area contributed by atoms with Crippen LogP contribution in [0, 0.1) is 40.9 Å². The average Bonchev–Trinajstić information content (AvgIpc) is 2.98. The maximum atomic E-state index is 15.1. The van der Waals surface area contributed by atoms with Crippen molar-refractivity contribution < 1.29 is 48.6 Å². The summed E-state index contributed by atoms with van der Waals surface area (Å²) in [5.74, 6) is -5.66. The number of rotatable bonds is 8. The van der Waals surface area contributed by atoms with Gasteiger partial charge in [0.05, 0.1) is 5.56 Å². The van der Waals surface area contributed by atoms with Crippen LogP contribution in [0.5, 0.6) is 5.75 Å². The van der Waals surface area contributed by atoms with Gasteiger partial charge in [-0.3, -0.25) is 0 Å². The van der Waals surface area contributed by atoms with Gasteiger partial charge in [0.1, 0.15) is 40.4 Å². The molecule has 0 radical (unpaired) electrons. The number of allylic oxidation sites excluding steroid dienone is 1. The smallest absolute Gasteiger partial charge is 0.429 e. The van der Waals surface area contributed by atoms with Gasteiger partial charge in [0, 0.05) is 22.9 Å². The second-order valence-electron chi connectivity index (χ2n) is 10.3. The molecule has 0 unspecified atom stereocenters. The molecular weight excluding hydrogens is 638 g/mol. The average molecular weight is 659 g/mol. The van der Waals surface area contributed by atoms with Crippen molar-refractivity contribution in [2.45, 2.75) is 25.1 Å². The van der Waals surface area contributed by atoms with Crippen LogP contribution in [-0.2, 0) is 12.5 Å². The minimum atomic E-state index is -4.99. The van der Waals surface area contributed by atoms with Crippen LogP contribution >= 0.6 is 0 Å². The van der Waals surface area contributed by atoms with Gasteiger partial charge in [0.15, 0.2) is 0 Å². The molecule has 47 heavy (non-hydrogen) atoms. The van der Waals surface area contributed by atoms with Crippen molar-refractivity contribution in [1.82, 2.24) is 0 Å². The molecule has 1 nitrogen and oxygen atoms in total. The summed E-state index contributed by atoms with van der Waals surface area (Å²) in [4.78, 5) is 0. The second kappa shape index (κ2) is 12.9. The summed E-state index contributed by atoms with van der Waals surface area (Å²) in [5.41, 5.74) is -1.68. The largest absolute Gasteiger partial charge is 0.458 e. The van der Waals surface area contributed by atoms with Gasteiger partial charge in [-0.15, -0.1) is 6.58 Å². The van der Waals surface area contributed by atoms with E-state index in [0.717, 1.165) is 54.3 Å². The zero-order valence-corrected chi connectivity index (χ0v) is 23.9. The normalized spacial score (nSPS) is 11.7. The van der Waals surface area contributed by atoms with Crippen molar-refractivity contribution in [3.63, 3.8) is 0 Å². The first-order valence-electron chi connectivity index (χ1n) is 13.7. The molecule has 0 aliphatic rings. The Bertz CT molecular complexity index is 2030. The van der Waals surface area contributed by atoms with Crippen molar-refractivity contribution in [1.29, 1.82) is 0 Å². The van der Waals surface area contributed by atoms with Crippen molar-refractivity contribution in [3.05, 3.63) is 137 Å². The summed E-state index contributed by atoms with van der Waals surface area (Å²) in [6.45, 7) is 3.64. The van der Waals surface area contributed by atoms with Gasteiger partial charge in [0.2, 0.25) is 0 Å². The van der Waals surface area contributed by atoms with Gasteiger partial charge in [-0.2, -0.15) is 22.0 Å². The van der Waals surface area contributed by atoms with E-state index >= 15 is 13.2 Å². The van der Waals surface area contributed by atoms with Crippen LogP contribution in [0.15, 0.2) is 91.5 Å². The third-order valence-electron chi connectivity index (χ3n) is 7.11. The van der Waals surface area contributed by atoms with Crippen LogP contribution in [0.4, 0.5) is 43.9 Å². The molecule has 0 spiro atoms. The summed E-state index contributed by atoms with van der Waals surface area (Å²) >= 11 is 0. The molecule has 5 rings (SSSR count). The molecule has 0 aromatic heterocycles. The predicted molar refractivity (Wildman–Crippen MR) is 157 cm³/mol. The minimum absolute atomic E-state index is 0.00539.